The van der Waals surface area contributed by atoms with Gasteiger partial charge in [0, 0.05) is 11.7 Å². The summed E-state index contributed by atoms with van der Waals surface area (Å²) in [4.78, 5) is 29.6. The van der Waals surface area contributed by atoms with Gasteiger partial charge >= 0.3 is 0 Å². The number of amides is 2. The fourth-order valence-corrected chi connectivity index (χ4v) is 6.32. The lowest BCUT2D eigenvalue weighted by Gasteiger charge is -2.45. The zero-order chi connectivity index (χ0) is 22.6. The van der Waals surface area contributed by atoms with Gasteiger partial charge in [0.15, 0.2) is 0 Å². The Bertz CT molecular complexity index is 1210. The first-order valence-electron chi connectivity index (χ1n) is 11.6. The molecule has 1 fully saturated rings. The number of anilines is 1. The summed E-state index contributed by atoms with van der Waals surface area (Å²) in [6.07, 6.45) is 4.51. The van der Waals surface area contributed by atoms with E-state index in [2.05, 4.69) is 18.3 Å². The van der Waals surface area contributed by atoms with Crippen LogP contribution in [-0.4, -0.2) is 28.0 Å². The van der Waals surface area contributed by atoms with Gasteiger partial charge in [-0.05, 0) is 68.7 Å². The second-order valence-electron chi connectivity index (χ2n) is 9.83. The zero-order valence-electron chi connectivity index (χ0n) is 19.3. The summed E-state index contributed by atoms with van der Waals surface area (Å²) in [6, 6.07) is 10.3. The lowest BCUT2D eigenvalue weighted by atomic mass is 9.84. The van der Waals surface area contributed by atoms with Gasteiger partial charge in [-0.2, -0.15) is 0 Å². The minimum Gasteiger partial charge on any atom is -0.351 e. The summed E-state index contributed by atoms with van der Waals surface area (Å²) in [5.74, 6) is 0.282. The number of hydrogen-bond acceptors (Lipinski definition) is 3. The van der Waals surface area contributed by atoms with Crippen molar-refractivity contribution in [3.05, 3.63) is 52.5 Å². The van der Waals surface area contributed by atoms with E-state index >= 15 is 0 Å². The van der Waals surface area contributed by atoms with E-state index in [1.165, 1.54) is 6.42 Å². The van der Waals surface area contributed by atoms with Crippen LogP contribution in [0.15, 0.2) is 35.7 Å². The van der Waals surface area contributed by atoms with Crippen molar-refractivity contribution in [2.24, 2.45) is 5.92 Å². The highest BCUT2D eigenvalue weighted by atomic mass is 32.1. The fraction of sp³-hybridized carbons (Fsp3) is 0.462. The molecule has 1 aliphatic carbocycles. The van der Waals surface area contributed by atoms with Crippen molar-refractivity contribution < 1.29 is 9.59 Å². The van der Waals surface area contributed by atoms with Gasteiger partial charge in [-0.15, -0.1) is 11.3 Å². The molecule has 2 aliphatic rings. The first-order chi connectivity index (χ1) is 15.3. The molecule has 3 atom stereocenters. The summed E-state index contributed by atoms with van der Waals surface area (Å²) in [6.45, 7) is 8.65. The molecule has 0 bridgehead atoms. The lowest BCUT2D eigenvalue weighted by molar-refractivity contribution is -0.127. The number of thiophene rings is 1. The van der Waals surface area contributed by atoms with E-state index in [0.29, 0.717) is 18.2 Å². The summed E-state index contributed by atoms with van der Waals surface area (Å²) in [5, 5.41) is 5.39. The maximum absolute atomic E-state index is 13.9. The van der Waals surface area contributed by atoms with Gasteiger partial charge in [0.2, 0.25) is 5.91 Å². The van der Waals surface area contributed by atoms with Gasteiger partial charge in [-0.1, -0.05) is 37.5 Å². The fourth-order valence-electron chi connectivity index (χ4n) is 5.50. The van der Waals surface area contributed by atoms with Gasteiger partial charge in [-0.3, -0.25) is 14.5 Å². The van der Waals surface area contributed by atoms with E-state index in [-0.39, 0.29) is 17.9 Å². The summed E-state index contributed by atoms with van der Waals surface area (Å²) < 4.78 is 3.12. The number of benzene rings is 1. The SMILES string of the molecule is Cc1ccc(N2C(=O)c3cc4sccc4n3C[C@]2(C)C(=O)N[C@@H]2CCCC[C@H]2C)c(C)c1. The molecule has 5 nitrogen and oxygen atoms in total. The largest absolute Gasteiger partial charge is 0.351 e. The first kappa shape index (κ1) is 21.3. The Hall–Kier alpha value is -2.60. The smallest absolute Gasteiger partial charge is 0.275 e. The Balaban J connectivity index is 1.61. The van der Waals surface area contributed by atoms with Gasteiger partial charge in [0.05, 0.1) is 16.8 Å². The molecule has 1 saturated carbocycles. The Kier molecular flexibility index (Phi) is 5.16. The second-order valence-corrected chi connectivity index (χ2v) is 10.8. The molecule has 2 amide bonds. The quantitative estimate of drug-likeness (QED) is 0.579. The Morgan fingerprint density at radius 1 is 1.16 bits per heavy atom. The third-order valence-corrected chi connectivity index (χ3v) is 8.27. The van der Waals surface area contributed by atoms with E-state index < -0.39 is 5.54 Å². The van der Waals surface area contributed by atoms with Crippen molar-refractivity contribution in [1.82, 2.24) is 9.88 Å². The molecule has 0 unspecified atom stereocenters. The van der Waals surface area contributed by atoms with Gasteiger partial charge in [-0.25, -0.2) is 0 Å². The van der Waals surface area contributed by atoms with Gasteiger partial charge in [0.1, 0.15) is 11.2 Å². The molecule has 5 rings (SSSR count). The number of nitrogens with zero attached hydrogens (tertiary/aromatic N) is 2. The highest BCUT2D eigenvalue weighted by Crippen LogP contribution is 2.39. The third-order valence-electron chi connectivity index (χ3n) is 7.41. The highest BCUT2D eigenvalue weighted by Gasteiger charge is 2.49. The van der Waals surface area contributed by atoms with Crippen molar-refractivity contribution in [1.29, 1.82) is 0 Å². The van der Waals surface area contributed by atoms with Crippen molar-refractivity contribution in [2.45, 2.75) is 71.5 Å². The molecular weight excluding hydrogens is 418 g/mol. The predicted octanol–water partition coefficient (Wildman–Crippen LogP) is 5.43. The van der Waals surface area contributed by atoms with Crippen LogP contribution in [0.25, 0.3) is 10.2 Å². The molecule has 1 aromatic carbocycles. The van der Waals surface area contributed by atoms with Crippen LogP contribution >= 0.6 is 11.3 Å². The third kappa shape index (κ3) is 3.27. The van der Waals surface area contributed by atoms with E-state index in [1.807, 2.05) is 55.0 Å². The Morgan fingerprint density at radius 2 is 1.94 bits per heavy atom. The average molecular weight is 450 g/mol. The molecular formula is C26H31N3O2S. The molecule has 32 heavy (non-hydrogen) atoms. The molecule has 168 valence electrons. The number of aromatic nitrogens is 1. The molecule has 1 N–H and O–H groups in total. The van der Waals surface area contributed by atoms with Crippen molar-refractivity contribution in [2.75, 3.05) is 4.90 Å². The molecule has 2 aromatic heterocycles. The van der Waals surface area contributed by atoms with Crippen molar-refractivity contribution in [3.8, 4) is 0 Å². The van der Waals surface area contributed by atoms with Gasteiger partial charge < -0.3 is 9.88 Å². The van der Waals surface area contributed by atoms with E-state index in [0.717, 1.165) is 46.3 Å². The number of fused-ring (bicyclic) bond motifs is 3. The van der Waals surface area contributed by atoms with Crippen LogP contribution in [0.1, 0.15) is 61.1 Å². The molecule has 0 radical (unpaired) electrons. The van der Waals surface area contributed by atoms with Crippen LogP contribution in [0, 0.1) is 19.8 Å². The Labute approximate surface area is 193 Å². The van der Waals surface area contributed by atoms with Crippen LogP contribution in [0.5, 0.6) is 0 Å². The summed E-state index contributed by atoms with van der Waals surface area (Å²) >= 11 is 1.63. The van der Waals surface area contributed by atoms with Crippen LogP contribution < -0.4 is 10.2 Å². The minimum absolute atomic E-state index is 0.0627. The monoisotopic (exact) mass is 449 g/mol. The van der Waals surface area contributed by atoms with Crippen molar-refractivity contribution >= 4 is 39.1 Å². The molecule has 6 heteroatoms. The van der Waals surface area contributed by atoms with Crippen molar-refractivity contribution in [3.63, 3.8) is 0 Å². The number of carbonyl (C=O) groups excluding carboxylic acids is 2. The number of rotatable bonds is 3. The summed E-state index contributed by atoms with van der Waals surface area (Å²) in [7, 11) is 0. The lowest BCUT2D eigenvalue weighted by Crippen LogP contribution is -2.66. The van der Waals surface area contributed by atoms with Crippen LogP contribution in [0.3, 0.4) is 0 Å². The summed E-state index contributed by atoms with van der Waals surface area (Å²) in [5.41, 5.74) is 3.62. The van der Waals surface area contributed by atoms with E-state index in [9.17, 15) is 9.59 Å². The maximum Gasteiger partial charge on any atom is 0.275 e. The molecule has 3 aromatic rings. The standard InChI is InChI=1S/C26H31N3O2S/c1-16-9-10-20(18(3)13-16)29-24(30)22-14-23-21(11-12-32-23)28(22)15-26(29,4)25(31)27-19-8-6-5-7-17(19)2/h9-14,17,19H,5-8,15H2,1-4H3,(H,27,31)/t17-,19-,26-/m1/s1. The molecule has 0 saturated heterocycles. The highest BCUT2D eigenvalue weighted by molar-refractivity contribution is 7.17. The number of hydrogen-bond donors (Lipinski definition) is 1. The van der Waals surface area contributed by atoms with E-state index in [4.69, 9.17) is 0 Å². The van der Waals surface area contributed by atoms with Crippen LogP contribution in [-0.2, 0) is 11.3 Å². The van der Waals surface area contributed by atoms with Crippen LogP contribution in [0.4, 0.5) is 5.69 Å². The van der Waals surface area contributed by atoms with Gasteiger partial charge in [0.25, 0.3) is 5.91 Å². The average Bonchev–Trinajstić information content (AvgIpc) is 3.34. The molecule has 3 heterocycles. The number of aryl methyl sites for hydroxylation is 2. The maximum atomic E-state index is 13.9. The predicted molar refractivity (Wildman–Crippen MR) is 131 cm³/mol. The first-order valence-corrected chi connectivity index (χ1v) is 12.5. The van der Waals surface area contributed by atoms with Crippen LogP contribution in [0.2, 0.25) is 0 Å². The topological polar surface area (TPSA) is 54.3 Å². The minimum atomic E-state index is -1.02. The number of nitrogens with one attached hydrogen (secondary N) is 1. The zero-order valence-corrected chi connectivity index (χ0v) is 20.1. The Morgan fingerprint density at radius 3 is 2.69 bits per heavy atom. The van der Waals surface area contributed by atoms with E-state index in [1.54, 1.807) is 16.2 Å². The normalized spacial score (nSPS) is 25.8. The molecule has 1 aliphatic heterocycles. The second kappa shape index (κ2) is 7.77. The number of carbonyl (C=O) groups is 2. The molecule has 0 spiro atoms.